The van der Waals surface area contributed by atoms with Gasteiger partial charge in [0, 0.05) is 11.2 Å². The monoisotopic (exact) mass is 478 g/mol. The second-order valence-electron chi connectivity index (χ2n) is 8.28. The molecular formula is C25H16Cl2N2O4. The number of nitrogens with zero attached hydrogens (tertiary/aromatic N) is 2. The van der Waals surface area contributed by atoms with Crippen LogP contribution in [0.4, 0.5) is 5.69 Å². The van der Waals surface area contributed by atoms with Gasteiger partial charge in [-0.2, -0.15) is 0 Å². The van der Waals surface area contributed by atoms with Crippen LogP contribution in [-0.4, -0.2) is 28.5 Å². The number of carbonyl (C=O) groups excluding carboxylic acids is 3. The van der Waals surface area contributed by atoms with E-state index in [0.29, 0.717) is 5.02 Å². The SMILES string of the molecule is O=C(c1ccco1)C1C2C(=O)N(c3ccc(Cl)cc3Cl)C(=O)C2C2c3ccccc3C=CN12. The van der Waals surface area contributed by atoms with Crippen LogP contribution in [0, 0.1) is 11.8 Å². The Kier molecular flexibility index (Phi) is 4.50. The Morgan fingerprint density at radius 2 is 1.73 bits per heavy atom. The van der Waals surface area contributed by atoms with Crippen LogP contribution < -0.4 is 4.90 Å². The Hall–Kier alpha value is -3.35. The van der Waals surface area contributed by atoms with Crippen LogP contribution in [-0.2, 0) is 9.59 Å². The van der Waals surface area contributed by atoms with Crippen molar-refractivity contribution < 1.29 is 18.8 Å². The summed E-state index contributed by atoms with van der Waals surface area (Å²) < 4.78 is 5.37. The van der Waals surface area contributed by atoms with E-state index in [-0.39, 0.29) is 28.2 Å². The molecule has 3 aliphatic rings. The summed E-state index contributed by atoms with van der Waals surface area (Å²) in [6.45, 7) is 0. The first-order valence-electron chi connectivity index (χ1n) is 10.4. The van der Waals surface area contributed by atoms with E-state index < -0.39 is 29.8 Å². The van der Waals surface area contributed by atoms with E-state index in [2.05, 4.69) is 0 Å². The molecule has 1 aromatic heterocycles. The number of anilines is 1. The second kappa shape index (κ2) is 7.33. The molecule has 0 saturated carbocycles. The van der Waals surface area contributed by atoms with Crippen molar-refractivity contribution in [3.63, 3.8) is 0 Å². The maximum Gasteiger partial charge on any atom is 0.240 e. The third-order valence-electron chi connectivity index (χ3n) is 6.64. The van der Waals surface area contributed by atoms with Gasteiger partial charge in [0.1, 0.15) is 6.04 Å². The predicted molar refractivity (Wildman–Crippen MR) is 123 cm³/mol. The zero-order valence-electron chi connectivity index (χ0n) is 17.0. The van der Waals surface area contributed by atoms with Gasteiger partial charge in [0.2, 0.25) is 17.6 Å². The standard InChI is InChI=1S/C25H16Cl2N2O4/c26-14-7-8-17(16(27)12-14)29-24(31)19-20(25(29)32)22(23(30)18-6-3-11-33-18)28-10-9-13-4-1-2-5-15(13)21(19)28/h1-12,19-22H. The van der Waals surface area contributed by atoms with Crippen LogP contribution in [0.3, 0.4) is 0 Å². The lowest BCUT2D eigenvalue weighted by molar-refractivity contribution is -0.123. The molecule has 8 heteroatoms. The summed E-state index contributed by atoms with van der Waals surface area (Å²) in [5.74, 6) is -2.67. The number of hydrogen-bond acceptors (Lipinski definition) is 5. The smallest absolute Gasteiger partial charge is 0.240 e. The first kappa shape index (κ1) is 20.3. The van der Waals surface area contributed by atoms with Crippen LogP contribution in [0.25, 0.3) is 6.08 Å². The first-order valence-corrected chi connectivity index (χ1v) is 11.2. The number of furan rings is 1. The Morgan fingerprint density at radius 1 is 0.939 bits per heavy atom. The minimum atomic E-state index is -0.886. The van der Waals surface area contributed by atoms with Gasteiger partial charge in [-0.1, -0.05) is 47.5 Å². The van der Waals surface area contributed by atoms with Gasteiger partial charge >= 0.3 is 0 Å². The van der Waals surface area contributed by atoms with Gasteiger partial charge in [0.05, 0.1) is 34.9 Å². The lowest BCUT2D eigenvalue weighted by atomic mass is 9.84. The highest BCUT2D eigenvalue weighted by molar-refractivity contribution is 6.38. The fourth-order valence-corrected chi connectivity index (χ4v) is 5.81. The number of imide groups is 1. The van der Waals surface area contributed by atoms with Gasteiger partial charge in [-0.15, -0.1) is 0 Å². The zero-order chi connectivity index (χ0) is 22.9. The summed E-state index contributed by atoms with van der Waals surface area (Å²) in [4.78, 5) is 44.0. The van der Waals surface area contributed by atoms with Crippen molar-refractivity contribution in [2.45, 2.75) is 12.1 Å². The van der Waals surface area contributed by atoms with E-state index in [4.69, 9.17) is 27.6 Å². The summed E-state index contributed by atoms with van der Waals surface area (Å²) in [5.41, 5.74) is 2.11. The van der Waals surface area contributed by atoms with Crippen LogP contribution in [0.15, 0.2) is 71.5 Å². The maximum absolute atomic E-state index is 13.8. The minimum absolute atomic E-state index is 0.148. The molecule has 0 spiro atoms. The van der Waals surface area contributed by atoms with E-state index in [9.17, 15) is 14.4 Å². The second-order valence-corrected chi connectivity index (χ2v) is 9.13. The summed E-state index contributed by atoms with van der Waals surface area (Å²) >= 11 is 12.4. The number of ketones is 1. The molecule has 4 heterocycles. The van der Waals surface area contributed by atoms with Gasteiger partial charge in [-0.05, 0) is 47.5 Å². The molecule has 6 nitrogen and oxygen atoms in total. The van der Waals surface area contributed by atoms with Gasteiger partial charge in [0.15, 0.2) is 5.76 Å². The molecule has 2 amide bonds. The Morgan fingerprint density at radius 3 is 2.48 bits per heavy atom. The molecular weight excluding hydrogens is 463 g/mol. The van der Waals surface area contributed by atoms with Gasteiger partial charge in [-0.3, -0.25) is 14.4 Å². The number of benzene rings is 2. The summed E-state index contributed by atoms with van der Waals surface area (Å²) in [6, 6.07) is 14.2. The molecule has 2 saturated heterocycles. The van der Waals surface area contributed by atoms with Crippen molar-refractivity contribution in [2.24, 2.45) is 11.8 Å². The first-order chi connectivity index (χ1) is 16.0. The molecule has 33 heavy (non-hydrogen) atoms. The van der Waals surface area contributed by atoms with Gasteiger partial charge in [-0.25, -0.2) is 4.90 Å². The largest absolute Gasteiger partial charge is 0.461 e. The van der Waals surface area contributed by atoms with E-state index in [0.717, 1.165) is 16.0 Å². The van der Waals surface area contributed by atoms with Gasteiger partial charge in [0.25, 0.3) is 0 Å². The number of hydrogen-bond donors (Lipinski definition) is 0. The van der Waals surface area contributed by atoms with Crippen molar-refractivity contribution in [1.29, 1.82) is 0 Å². The maximum atomic E-state index is 13.8. The molecule has 6 rings (SSSR count). The zero-order valence-corrected chi connectivity index (χ0v) is 18.5. The van der Waals surface area contributed by atoms with E-state index in [1.54, 1.807) is 30.5 Å². The number of Topliss-reactive ketones (excluding diaryl/α,β-unsaturated/α-hetero) is 1. The van der Waals surface area contributed by atoms with E-state index >= 15 is 0 Å². The van der Waals surface area contributed by atoms with Crippen LogP contribution in [0.2, 0.25) is 10.0 Å². The topological polar surface area (TPSA) is 70.8 Å². The van der Waals surface area contributed by atoms with Gasteiger partial charge < -0.3 is 9.32 Å². The van der Waals surface area contributed by atoms with Crippen molar-refractivity contribution in [3.8, 4) is 0 Å². The molecule has 2 aromatic carbocycles. The summed E-state index contributed by atoms with van der Waals surface area (Å²) in [7, 11) is 0. The van der Waals surface area contributed by atoms with Crippen molar-refractivity contribution in [3.05, 3.63) is 94.0 Å². The molecule has 2 fully saturated rings. The van der Waals surface area contributed by atoms with Crippen molar-refractivity contribution in [1.82, 2.24) is 4.90 Å². The quantitative estimate of drug-likeness (QED) is 0.391. The molecule has 3 aliphatic heterocycles. The molecule has 164 valence electrons. The molecule has 0 aliphatic carbocycles. The van der Waals surface area contributed by atoms with E-state index in [1.807, 2.05) is 35.2 Å². The molecule has 4 unspecified atom stereocenters. The van der Waals surface area contributed by atoms with E-state index in [1.165, 1.54) is 12.3 Å². The highest BCUT2D eigenvalue weighted by Gasteiger charge is 2.65. The molecule has 0 radical (unpaired) electrons. The summed E-state index contributed by atoms with van der Waals surface area (Å²) in [6.07, 6.45) is 5.12. The molecule has 4 atom stereocenters. The number of carbonyl (C=O) groups is 3. The third kappa shape index (κ3) is 2.84. The third-order valence-corrected chi connectivity index (χ3v) is 7.18. The Bertz CT molecular complexity index is 1350. The highest BCUT2D eigenvalue weighted by Crippen LogP contribution is 2.54. The highest BCUT2D eigenvalue weighted by atomic mass is 35.5. The normalized spacial score (nSPS) is 25.3. The number of amides is 2. The van der Waals surface area contributed by atoms with Crippen LogP contribution in [0.5, 0.6) is 0 Å². The lowest BCUT2D eigenvalue weighted by Gasteiger charge is -2.35. The fourth-order valence-electron chi connectivity index (χ4n) is 5.32. The summed E-state index contributed by atoms with van der Waals surface area (Å²) in [5, 5.41) is 0.588. The molecule has 0 bridgehead atoms. The average molecular weight is 479 g/mol. The van der Waals surface area contributed by atoms with Crippen molar-refractivity contribution in [2.75, 3.05) is 4.90 Å². The lowest BCUT2D eigenvalue weighted by Crippen LogP contribution is -2.44. The number of fused-ring (bicyclic) bond motifs is 5. The van der Waals surface area contributed by atoms with Crippen LogP contribution >= 0.6 is 23.2 Å². The molecule has 3 aromatic rings. The van der Waals surface area contributed by atoms with Crippen LogP contribution in [0.1, 0.15) is 27.7 Å². The molecule has 0 N–H and O–H groups in total. The Balaban J connectivity index is 1.51. The predicted octanol–water partition coefficient (Wildman–Crippen LogP) is 4.98. The van der Waals surface area contributed by atoms with Crippen molar-refractivity contribution >= 4 is 52.6 Å². The Labute approximate surface area is 199 Å². The average Bonchev–Trinajstić information content (AvgIpc) is 3.51. The minimum Gasteiger partial charge on any atom is -0.461 e. The fraction of sp³-hybridized carbons (Fsp3) is 0.160. The number of rotatable bonds is 3. The number of halogens is 2.